The average Bonchev–Trinajstić information content (AvgIpc) is 2.83. The Balaban J connectivity index is 2.15. The van der Waals surface area contributed by atoms with Crippen molar-refractivity contribution in [1.82, 2.24) is 0 Å². The fourth-order valence-electron chi connectivity index (χ4n) is 3.49. The predicted molar refractivity (Wildman–Crippen MR) is 75.6 cm³/mol. The van der Waals surface area contributed by atoms with Gasteiger partial charge in [0.05, 0.1) is 18.1 Å². The summed E-state index contributed by atoms with van der Waals surface area (Å²) in [5.74, 6) is -0.236. The zero-order valence-corrected chi connectivity index (χ0v) is 12.3. The number of ether oxygens (including phenoxy) is 2. The molecule has 3 rings (SSSR count). The van der Waals surface area contributed by atoms with Gasteiger partial charge in [-0.3, -0.25) is 4.79 Å². The van der Waals surface area contributed by atoms with Gasteiger partial charge in [0.15, 0.2) is 11.7 Å². The van der Waals surface area contributed by atoms with E-state index >= 15 is 0 Å². The molecule has 0 amide bonds. The van der Waals surface area contributed by atoms with Gasteiger partial charge in [-0.15, -0.1) is 0 Å². The molecule has 1 fully saturated rings. The number of Topliss-reactive ketones (excluding diaryl/α,β-unsaturated/α-hetero) is 1. The minimum atomic E-state index is -0.870. The second-order valence-corrected chi connectivity index (χ2v) is 5.80. The highest BCUT2D eigenvalue weighted by Crippen LogP contribution is 2.46. The molecule has 112 valence electrons. The van der Waals surface area contributed by atoms with E-state index in [1.165, 1.54) is 13.0 Å². The van der Waals surface area contributed by atoms with Gasteiger partial charge < -0.3 is 9.47 Å². The summed E-state index contributed by atoms with van der Waals surface area (Å²) < 4.78 is 25.6. The smallest absolute Gasteiger partial charge is 0.181 e. The van der Waals surface area contributed by atoms with E-state index in [0.29, 0.717) is 18.1 Å². The maximum absolute atomic E-state index is 14.3. The highest BCUT2D eigenvalue weighted by molar-refractivity contribution is 5.82. The van der Waals surface area contributed by atoms with Crippen LogP contribution in [0.2, 0.25) is 0 Å². The van der Waals surface area contributed by atoms with Crippen molar-refractivity contribution in [3.63, 3.8) is 0 Å². The minimum absolute atomic E-state index is 0.0802. The zero-order valence-electron chi connectivity index (χ0n) is 12.3. The molecule has 0 aromatic heterocycles. The van der Waals surface area contributed by atoms with Crippen LogP contribution in [0.3, 0.4) is 0 Å². The zero-order chi connectivity index (χ0) is 15.2. The van der Waals surface area contributed by atoms with E-state index in [9.17, 15) is 9.18 Å². The van der Waals surface area contributed by atoms with Crippen molar-refractivity contribution in [2.75, 3.05) is 6.61 Å². The third-order valence-corrected chi connectivity index (χ3v) is 4.35. The Morgan fingerprint density at radius 3 is 2.81 bits per heavy atom. The van der Waals surface area contributed by atoms with Gasteiger partial charge in [0.1, 0.15) is 18.0 Å². The van der Waals surface area contributed by atoms with Crippen LogP contribution in [0.1, 0.15) is 26.3 Å². The summed E-state index contributed by atoms with van der Waals surface area (Å²) in [7, 11) is 0. The molecule has 5 heteroatoms. The number of carbonyl (C=O) groups is 1. The molecule has 1 saturated heterocycles. The van der Waals surface area contributed by atoms with Gasteiger partial charge in [0, 0.05) is 12.5 Å². The standard InChI is InChI=1S/C16H18FNO3/c1-9(19)15-14-13(8-20-15)21-10(2)18-16(14,3)11-6-4-5-7-12(11)17/h4-7,13-15H,8H2,1-3H3/t13-,14-,15+,16-/m1/s1. The lowest BCUT2D eigenvalue weighted by Crippen LogP contribution is -2.49. The molecule has 4 nitrogen and oxygen atoms in total. The molecule has 0 saturated carbocycles. The third-order valence-electron chi connectivity index (χ3n) is 4.35. The minimum Gasteiger partial charge on any atom is -0.475 e. The van der Waals surface area contributed by atoms with E-state index in [2.05, 4.69) is 4.99 Å². The Bertz CT molecular complexity index is 615. The number of benzene rings is 1. The molecular formula is C16H18FNO3. The lowest BCUT2D eigenvalue weighted by atomic mass is 9.73. The van der Waals surface area contributed by atoms with Gasteiger partial charge in [-0.2, -0.15) is 0 Å². The molecule has 1 aromatic rings. The van der Waals surface area contributed by atoms with Crippen LogP contribution in [0.15, 0.2) is 29.3 Å². The van der Waals surface area contributed by atoms with Crippen molar-refractivity contribution < 1.29 is 18.7 Å². The maximum Gasteiger partial charge on any atom is 0.181 e. The van der Waals surface area contributed by atoms with Crippen LogP contribution in [0.4, 0.5) is 4.39 Å². The van der Waals surface area contributed by atoms with Crippen LogP contribution in [0.25, 0.3) is 0 Å². The van der Waals surface area contributed by atoms with Gasteiger partial charge in [-0.1, -0.05) is 18.2 Å². The molecule has 0 spiro atoms. The van der Waals surface area contributed by atoms with Crippen molar-refractivity contribution in [1.29, 1.82) is 0 Å². The molecule has 2 aliphatic rings. The largest absolute Gasteiger partial charge is 0.475 e. The molecule has 0 N–H and O–H groups in total. The van der Waals surface area contributed by atoms with Gasteiger partial charge in [-0.05, 0) is 19.9 Å². The summed E-state index contributed by atoms with van der Waals surface area (Å²) in [4.78, 5) is 16.4. The topological polar surface area (TPSA) is 47.9 Å². The first-order valence-corrected chi connectivity index (χ1v) is 7.03. The van der Waals surface area contributed by atoms with E-state index in [-0.39, 0.29) is 23.6 Å². The van der Waals surface area contributed by atoms with E-state index in [1.54, 1.807) is 25.1 Å². The summed E-state index contributed by atoms with van der Waals surface area (Å²) in [6, 6.07) is 6.54. The number of ketones is 1. The summed E-state index contributed by atoms with van der Waals surface area (Å²) in [6.07, 6.45) is -0.891. The van der Waals surface area contributed by atoms with E-state index in [1.807, 2.05) is 6.92 Å². The number of hydrogen-bond acceptors (Lipinski definition) is 4. The number of rotatable bonds is 2. The molecule has 21 heavy (non-hydrogen) atoms. The van der Waals surface area contributed by atoms with Crippen molar-refractivity contribution >= 4 is 11.7 Å². The normalized spacial score (nSPS) is 34.9. The van der Waals surface area contributed by atoms with E-state index in [0.717, 1.165) is 0 Å². The van der Waals surface area contributed by atoms with Gasteiger partial charge in [0.2, 0.25) is 0 Å². The maximum atomic E-state index is 14.3. The SMILES string of the molecule is CC(=O)[C@@H]1OC[C@H]2OC(C)=N[C@](C)(c3ccccc3F)[C@H]21. The number of aliphatic imine (C=N–C) groups is 1. The number of nitrogens with zero attached hydrogens (tertiary/aromatic N) is 1. The van der Waals surface area contributed by atoms with Crippen LogP contribution >= 0.6 is 0 Å². The second-order valence-electron chi connectivity index (χ2n) is 5.80. The van der Waals surface area contributed by atoms with Gasteiger partial charge >= 0.3 is 0 Å². The quantitative estimate of drug-likeness (QED) is 0.841. The van der Waals surface area contributed by atoms with Gasteiger partial charge in [0.25, 0.3) is 0 Å². The van der Waals surface area contributed by atoms with Crippen molar-refractivity contribution in [2.24, 2.45) is 10.9 Å². The van der Waals surface area contributed by atoms with Crippen LogP contribution < -0.4 is 0 Å². The lowest BCUT2D eigenvalue weighted by Gasteiger charge is -2.40. The highest BCUT2D eigenvalue weighted by atomic mass is 19.1. The molecule has 0 radical (unpaired) electrons. The average molecular weight is 291 g/mol. The first kappa shape index (κ1) is 14.2. The Labute approximate surface area is 123 Å². The van der Waals surface area contributed by atoms with E-state index < -0.39 is 11.6 Å². The summed E-state index contributed by atoms with van der Waals surface area (Å²) in [5, 5.41) is 0. The van der Waals surface area contributed by atoms with Crippen molar-refractivity contribution in [3.8, 4) is 0 Å². The molecule has 2 heterocycles. The van der Waals surface area contributed by atoms with Crippen LogP contribution in [-0.4, -0.2) is 30.5 Å². The second kappa shape index (κ2) is 4.91. The molecular weight excluding hydrogens is 273 g/mol. The summed E-state index contributed by atoms with van der Waals surface area (Å²) in [5.41, 5.74) is -0.398. The van der Waals surface area contributed by atoms with E-state index in [4.69, 9.17) is 9.47 Å². The molecule has 1 aromatic carbocycles. The fraction of sp³-hybridized carbons (Fsp3) is 0.500. The van der Waals surface area contributed by atoms with Crippen molar-refractivity contribution in [3.05, 3.63) is 35.6 Å². The Hall–Kier alpha value is -1.75. The Morgan fingerprint density at radius 1 is 1.43 bits per heavy atom. The van der Waals surface area contributed by atoms with Crippen molar-refractivity contribution in [2.45, 2.75) is 38.5 Å². The van der Waals surface area contributed by atoms with Gasteiger partial charge in [-0.25, -0.2) is 9.38 Å². The molecule has 4 atom stereocenters. The fourth-order valence-corrected chi connectivity index (χ4v) is 3.49. The first-order chi connectivity index (χ1) is 9.93. The Morgan fingerprint density at radius 2 is 2.14 bits per heavy atom. The summed E-state index contributed by atoms with van der Waals surface area (Å²) in [6.45, 7) is 5.40. The molecule has 0 unspecified atom stereocenters. The number of fused-ring (bicyclic) bond motifs is 1. The molecule has 0 aliphatic carbocycles. The number of halogens is 1. The first-order valence-electron chi connectivity index (χ1n) is 7.03. The number of hydrogen-bond donors (Lipinski definition) is 0. The summed E-state index contributed by atoms with van der Waals surface area (Å²) >= 11 is 0. The van der Waals surface area contributed by atoms with Crippen LogP contribution in [-0.2, 0) is 19.8 Å². The van der Waals surface area contributed by atoms with Crippen LogP contribution in [0, 0.1) is 11.7 Å². The molecule has 0 bridgehead atoms. The Kier molecular flexibility index (Phi) is 3.32. The monoisotopic (exact) mass is 291 g/mol. The third kappa shape index (κ3) is 2.16. The molecule has 2 aliphatic heterocycles. The highest BCUT2D eigenvalue weighted by Gasteiger charge is 2.55. The number of carbonyl (C=O) groups excluding carboxylic acids is 1. The predicted octanol–water partition coefficient (Wildman–Crippen LogP) is 2.46. The lowest BCUT2D eigenvalue weighted by molar-refractivity contribution is -0.128. The van der Waals surface area contributed by atoms with Crippen LogP contribution in [0.5, 0.6) is 0 Å².